The highest BCUT2D eigenvalue weighted by Gasteiger charge is 2.19. The van der Waals surface area contributed by atoms with Gasteiger partial charge in [-0.3, -0.25) is 0 Å². The Labute approximate surface area is 88.1 Å². The molecule has 0 heterocycles. The summed E-state index contributed by atoms with van der Waals surface area (Å²) >= 11 is 0. The van der Waals surface area contributed by atoms with Gasteiger partial charge < -0.3 is 10.4 Å². The van der Waals surface area contributed by atoms with Crippen LogP contribution in [-0.4, -0.2) is 23.8 Å². The lowest BCUT2D eigenvalue weighted by Crippen LogP contribution is -2.32. The van der Waals surface area contributed by atoms with Gasteiger partial charge in [0, 0.05) is 6.04 Å². The van der Waals surface area contributed by atoms with Gasteiger partial charge in [0.25, 0.3) is 0 Å². The van der Waals surface area contributed by atoms with Crippen LogP contribution in [0.3, 0.4) is 0 Å². The number of rotatable bonds is 7. The van der Waals surface area contributed by atoms with Crippen LogP contribution in [0.1, 0.15) is 52.4 Å². The minimum atomic E-state index is -0.113. The average molecular weight is 199 g/mol. The fourth-order valence-electron chi connectivity index (χ4n) is 2.01. The highest BCUT2D eigenvalue weighted by Crippen LogP contribution is 2.30. The molecule has 0 spiro atoms. The predicted molar refractivity (Wildman–Crippen MR) is 60.3 cm³/mol. The zero-order chi connectivity index (χ0) is 10.4. The zero-order valence-electron chi connectivity index (χ0n) is 9.63. The van der Waals surface area contributed by atoms with E-state index in [1.165, 1.54) is 25.7 Å². The molecule has 2 unspecified atom stereocenters. The monoisotopic (exact) mass is 199 g/mol. The van der Waals surface area contributed by atoms with Crippen molar-refractivity contribution >= 4 is 0 Å². The van der Waals surface area contributed by atoms with E-state index in [4.69, 9.17) is 0 Å². The van der Waals surface area contributed by atoms with E-state index in [0.717, 1.165) is 25.3 Å². The summed E-state index contributed by atoms with van der Waals surface area (Å²) in [6, 6.07) is 0.629. The normalized spacial score (nSPS) is 21.6. The Bertz CT molecular complexity index is 145. The largest absolute Gasteiger partial charge is 0.393 e. The van der Waals surface area contributed by atoms with Crippen molar-refractivity contribution in [3.05, 3.63) is 0 Å². The van der Waals surface area contributed by atoms with Crippen molar-refractivity contribution in [1.29, 1.82) is 0 Å². The molecule has 1 aliphatic rings. The molecular weight excluding hydrogens is 174 g/mol. The number of nitrogens with one attached hydrogen (secondary N) is 1. The smallest absolute Gasteiger partial charge is 0.0549 e. The third-order valence-electron chi connectivity index (χ3n) is 3.35. The molecule has 0 aromatic heterocycles. The SMILES string of the molecule is CCC(O)CCNC(C)CC1CCC1. The van der Waals surface area contributed by atoms with Gasteiger partial charge in [0.1, 0.15) is 0 Å². The molecule has 2 heteroatoms. The molecular formula is C12H25NO. The molecule has 1 saturated carbocycles. The first-order chi connectivity index (χ1) is 6.72. The number of hydrogen-bond donors (Lipinski definition) is 2. The highest BCUT2D eigenvalue weighted by atomic mass is 16.3. The fraction of sp³-hybridized carbons (Fsp3) is 1.00. The average Bonchev–Trinajstić information content (AvgIpc) is 2.11. The van der Waals surface area contributed by atoms with Gasteiger partial charge in [-0.25, -0.2) is 0 Å². The Morgan fingerprint density at radius 3 is 2.64 bits per heavy atom. The highest BCUT2D eigenvalue weighted by molar-refractivity contribution is 4.74. The van der Waals surface area contributed by atoms with Crippen LogP contribution >= 0.6 is 0 Å². The Morgan fingerprint density at radius 2 is 2.14 bits per heavy atom. The first-order valence-electron chi connectivity index (χ1n) is 6.13. The van der Waals surface area contributed by atoms with E-state index in [9.17, 15) is 5.11 Å². The van der Waals surface area contributed by atoms with Crippen molar-refractivity contribution in [2.24, 2.45) is 5.92 Å². The van der Waals surface area contributed by atoms with Crippen LogP contribution in [0, 0.1) is 5.92 Å². The molecule has 0 saturated heterocycles. The maximum Gasteiger partial charge on any atom is 0.0549 e. The number of aliphatic hydroxyl groups is 1. The van der Waals surface area contributed by atoms with Gasteiger partial charge in [0.05, 0.1) is 6.10 Å². The molecule has 1 aliphatic carbocycles. The first-order valence-corrected chi connectivity index (χ1v) is 6.13. The summed E-state index contributed by atoms with van der Waals surface area (Å²) < 4.78 is 0. The summed E-state index contributed by atoms with van der Waals surface area (Å²) in [6.45, 7) is 5.25. The van der Waals surface area contributed by atoms with Crippen LogP contribution in [-0.2, 0) is 0 Å². The lowest BCUT2D eigenvalue weighted by molar-refractivity contribution is 0.157. The maximum absolute atomic E-state index is 9.37. The van der Waals surface area contributed by atoms with Crippen LogP contribution in [0.4, 0.5) is 0 Å². The van der Waals surface area contributed by atoms with Crippen LogP contribution in [0.25, 0.3) is 0 Å². The molecule has 1 fully saturated rings. The first kappa shape index (κ1) is 12.0. The van der Waals surface area contributed by atoms with Gasteiger partial charge in [-0.15, -0.1) is 0 Å². The molecule has 0 amide bonds. The Kier molecular flexibility index (Phi) is 5.49. The number of hydrogen-bond acceptors (Lipinski definition) is 2. The van der Waals surface area contributed by atoms with Gasteiger partial charge in [0.2, 0.25) is 0 Å². The van der Waals surface area contributed by atoms with Crippen LogP contribution in [0.5, 0.6) is 0 Å². The molecule has 84 valence electrons. The Hall–Kier alpha value is -0.0800. The molecule has 0 aliphatic heterocycles. The lowest BCUT2D eigenvalue weighted by Gasteiger charge is -2.28. The summed E-state index contributed by atoms with van der Waals surface area (Å²) in [5.41, 5.74) is 0. The second-order valence-electron chi connectivity index (χ2n) is 4.74. The van der Waals surface area contributed by atoms with E-state index in [1.807, 2.05) is 6.92 Å². The van der Waals surface area contributed by atoms with E-state index in [2.05, 4.69) is 12.2 Å². The predicted octanol–water partition coefficient (Wildman–Crippen LogP) is 2.32. The van der Waals surface area contributed by atoms with E-state index in [0.29, 0.717) is 6.04 Å². The third kappa shape index (κ3) is 4.43. The summed E-state index contributed by atoms with van der Waals surface area (Å²) in [5.74, 6) is 0.980. The molecule has 2 N–H and O–H groups in total. The van der Waals surface area contributed by atoms with Crippen LogP contribution < -0.4 is 5.32 Å². The third-order valence-corrected chi connectivity index (χ3v) is 3.35. The topological polar surface area (TPSA) is 32.3 Å². The summed E-state index contributed by atoms with van der Waals surface area (Å²) in [6.07, 6.45) is 7.28. The molecule has 0 bridgehead atoms. The fourth-order valence-corrected chi connectivity index (χ4v) is 2.01. The van der Waals surface area contributed by atoms with E-state index < -0.39 is 0 Å². The Morgan fingerprint density at radius 1 is 1.43 bits per heavy atom. The quantitative estimate of drug-likeness (QED) is 0.659. The molecule has 1 rings (SSSR count). The lowest BCUT2D eigenvalue weighted by atomic mass is 9.81. The van der Waals surface area contributed by atoms with E-state index in [1.54, 1.807) is 0 Å². The van der Waals surface area contributed by atoms with Crippen molar-refractivity contribution in [2.75, 3.05) is 6.54 Å². The molecule has 14 heavy (non-hydrogen) atoms. The van der Waals surface area contributed by atoms with E-state index in [-0.39, 0.29) is 6.10 Å². The standard InChI is InChI=1S/C12H25NO/c1-3-12(14)7-8-13-10(2)9-11-5-4-6-11/h10-14H,3-9H2,1-2H3. The van der Waals surface area contributed by atoms with Gasteiger partial charge in [-0.2, -0.15) is 0 Å². The van der Waals surface area contributed by atoms with Crippen molar-refractivity contribution in [3.63, 3.8) is 0 Å². The molecule has 2 nitrogen and oxygen atoms in total. The minimum absolute atomic E-state index is 0.113. The summed E-state index contributed by atoms with van der Waals surface area (Å²) in [7, 11) is 0. The van der Waals surface area contributed by atoms with Gasteiger partial charge in [-0.1, -0.05) is 26.2 Å². The summed E-state index contributed by atoms with van der Waals surface area (Å²) in [4.78, 5) is 0. The van der Waals surface area contributed by atoms with Crippen molar-refractivity contribution in [2.45, 2.75) is 64.5 Å². The molecule has 0 radical (unpaired) electrons. The van der Waals surface area contributed by atoms with Crippen molar-refractivity contribution in [1.82, 2.24) is 5.32 Å². The summed E-state index contributed by atoms with van der Waals surface area (Å²) in [5, 5.41) is 12.9. The van der Waals surface area contributed by atoms with Crippen LogP contribution in [0.15, 0.2) is 0 Å². The second kappa shape index (κ2) is 6.41. The Balaban J connectivity index is 1.94. The van der Waals surface area contributed by atoms with Gasteiger partial charge in [0.15, 0.2) is 0 Å². The van der Waals surface area contributed by atoms with Gasteiger partial charge in [-0.05, 0) is 38.6 Å². The molecule has 0 aromatic carbocycles. The maximum atomic E-state index is 9.37. The molecule has 2 atom stereocenters. The van der Waals surface area contributed by atoms with Crippen molar-refractivity contribution in [3.8, 4) is 0 Å². The second-order valence-corrected chi connectivity index (χ2v) is 4.74. The zero-order valence-corrected chi connectivity index (χ0v) is 9.63. The number of aliphatic hydroxyl groups excluding tert-OH is 1. The van der Waals surface area contributed by atoms with E-state index >= 15 is 0 Å². The van der Waals surface area contributed by atoms with Gasteiger partial charge >= 0.3 is 0 Å². The minimum Gasteiger partial charge on any atom is -0.393 e. The van der Waals surface area contributed by atoms with Crippen molar-refractivity contribution < 1.29 is 5.11 Å². The molecule has 0 aromatic rings. The van der Waals surface area contributed by atoms with Crippen LogP contribution in [0.2, 0.25) is 0 Å².